The zero-order valence-electron chi connectivity index (χ0n) is 12.1. The Bertz CT molecular complexity index is 290. The van der Waals surface area contributed by atoms with Crippen molar-refractivity contribution >= 4 is 5.91 Å². The summed E-state index contributed by atoms with van der Waals surface area (Å²) in [6.07, 6.45) is 7.73. The SMILES string of the molecule is CCC1CCCCC1N1C(=O)CNC1CC(C)C. The summed E-state index contributed by atoms with van der Waals surface area (Å²) >= 11 is 0. The first-order valence-electron chi connectivity index (χ1n) is 7.68. The second-order valence-electron chi connectivity index (χ2n) is 6.35. The first kappa shape index (κ1) is 13.9. The molecule has 3 atom stereocenters. The minimum atomic E-state index is 0.287. The van der Waals surface area contributed by atoms with Gasteiger partial charge in [0.1, 0.15) is 0 Å². The summed E-state index contributed by atoms with van der Waals surface area (Å²) < 4.78 is 0. The van der Waals surface area contributed by atoms with Crippen molar-refractivity contribution in [2.45, 2.75) is 71.5 Å². The quantitative estimate of drug-likeness (QED) is 0.834. The topological polar surface area (TPSA) is 32.3 Å². The largest absolute Gasteiger partial charge is 0.323 e. The Balaban J connectivity index is 2.09. The van der Waals surface area contributed by atoms with E-state index in [-0.39, 0.29) is 6.17 Å². The molecule has 0 aromatic rings. The van der Waals surface area contributed by atoms with Gasteiger partial charge in [-0.25, -0.2) is 0 Å². The highest BCUT2D eigenvalue weighted by Gasteiger charge is 2.39. The Labute approximate surface area is 111 Å². The van der Waals surface area contributed by atoms with Crippen LogP contribution in [-0.2, 0) is 4.79 Å². The van der Waals surface area contributed by atoms with Gasteiger partial charge in [0.2, 0.25) is 5.91 Å². The van der Waals surface area contributed by atoms with E-state index in [1.807, 2.05) is 0 Å². The summed E-state index contributed by atoms with van der Waals surface area (Å²) in [6, 6.07) is 0.495. The predicted octanol–water partition coefficient (Wildman–Crippen LogP) is 2.76. The molecule has 0 aromatic carbocycles. The Morgan fingerprint density at radius 3 is 2.72 bits per heavy atom. The summed E-state index contributed by atoms with van der Waals surface area (Å²) in [5, 5.41) is 3.41. The van der Waals surface area contributed by atoms with Crippen molar-refractivity contribution in [2.75, 3.05) is 6.54 Å². The van der Waals surface area contributed by atoms with Crippen LogP contribution in [0.4, 0.5) is 0 Å². The zero-order valence-corrected chi connectivity index (χ0v) is 12.1. The van der Waals surface area contributed by atoms with Crippen molar-refractivity contribution < 1.29 is 4.79 Å². The number of amides is 1. The molecule has 1 aliphatic carbocycles. The third-order valence-electron chi connectivity index (χ3n) is 4.56. The van der Waals surface area contributed by atoms with Crippen molar-refractivity contribution in [1.29, 1.82) is 0 Å². The number of nitrogens with one attached hydrogen (secondary N) is 1. The normalized spacial score (nSPS) is 33.4. The van der Waals surface area contributed by atoms with Crippen LogP contribution in [0, 0.1) is 11.8 Å². The van der Waals surface area contributed by atoms with Gasteiger partial charge < -0.3 is 4.90 Å². The molecule has 0 bridgehead atoms. The molecule has 1 N–H and O–H groups in total. The van der Waals surface area contributed by atoms with E-state index in [1.165, 1.54) is 32.1 Å². The fourth-order valence-corrected chi connectivity index (χ4v) is 3.66. The molecule has 2 fully saturated rings. The highest BCUT2D eigenvalue weighted by atomic mass is 16.2. The van der Waals surface area contributed by atoms with Gasteiger partial charge in [-0.05, 0) is 31.1 Å². The first-order chi connectivity index (χ1) is 8.63. The van der Waals surface area contributed by atoms with Crippen molar-refractivity contribution in [3.05, 3.63) is 0 Å². The van der Waals surface area contributed by atoms with Crippen molar-refractivity contribution in [1.82, 2.24) is 10.2 Å². The van der Waals surface area contributed by atoms with Crippen LogP contribution < -0.4 is 5.32 Å². The molecule has 18 heavy (non-hydrogen) atoms. The molecule has 3 heteroatoms. The van der Waals surface area contributed by atoms with E-state index < -0.39 is 0 Å². The van der Waals surface area contributed by atoms with E-state index in [9.17, 15) is 4.79 Å². The molecule has 2 rings (SSSR count). The Kier molecular flexibility index (Phi) is 4.66. The molecule has 0 aromatic heterocycles. The van der Waals surface area contributed by atoms with E-state index in [1.54, 1.807) is 0 Å². The number of hydrogen-bond donors (Lipinski definition) is 1. The Hall–Kier alpha value is -0.570. The van der Waals surface area contributed by atoms with Gasteiger partial charge in [0, 0.05) is 6.04 Å². The smallest absolute Gasteiger partial charge is 0.238 e. The number of rotatable bonds is 4. The van der Waals surface area contributed by atoms with Gasteiger partial charge in [0.25, 0.3) is 0 Å². The van der Waals surface area contributed by atoms with Crippen molar-refractivity contribution in [3.63, 3.8) is 0 Å². The van der Waals surface area contributed by atoms with Gasteiger partial charge in [0.05, 0.1) is 12.7 Å². The van der Waals surface area contributed by atoms with Crippen molar-refractivity contribution in [3.8, 4) is 0 Å². The molecule has 1 saturated heterocycles. The van der Waals surface area contributed by atoms with Gasteiger partial charge in [-0.1, -0.05) is 40.0 Å². The third-order valence-corrected chi connectivity index (χ3v) is 4.56. The Morgan fingerprint density at radius 1 is 1.33 bits per heavy atom. The molecule has 3 unspecified atom stereocenters. The standard InChI is InChI=1S/C15H28N2O/c1-4-12-7-5-6-8-13(12)17-14(9-11(2)3)16-10-15(17)18/h11-14,16H,4-10H2,1-3H3. The van der Waals surface area contributed by atoms with E-state index in [4.69, 9.17) is 0 Å². The van der Waals surface area contributed by atoms with Gasteiger partial charge in [-0.15, -0.1) is 0 Å². The maximum Gasteiger partial charge on any atom is 0.238 e. The average Bonchev–Trinajstić information content (AvgIpc) is 2.69. The van der Waals surface area contributed by atoms with E-state index in [0.717, 1.165) is 12.3 Å². The lowest BCUT2D eigenvalue weighted by molar-refractivity contribution is -0.132. The maximum atomic E-state index is 12.2. The van der Waals surface area contributed by atoms with Crippen LogP contribution in [0.5, 0.6) is 0 Å². The molecule has 1 saturated carbocycles. The molecule has 1 heterocycles. The predicted molar refractivity (Wildman–Crippen MR) is 74.1 cm³/mol. The van der Waals surface area contributed by atoms with E-state index in [0.29, 0.717) is 24.4 Å². The lowest BCUT2D eigenvalue weighted by atomic mass is 9.81. The first-order valence-corrected chi connectivity index (χ1v) is 7.68. The van der Waals surface area contributed by atoms with Crippen LogP contribution in [-0.4, -0.2) is 29.6 Å². The Morgan fingerprint density at radius 2 is 2.06 bits per heavy atom. The second kappa shape index (κ2) is 6.05. The summed E-state index contributed by atoms with van der Waals surface area (Å²) in [4.78, 5) is 14.4. The van der Waals surface area contributed by atoms with Crippen LogP contribution in [0.1, 0.15) is 59.3 Å². The lowest BCUT2D eigenvalue weighted by Crippen LogP contribution is -2.49. The highest BCUT2D eigenvalue weighted by molar-refractivity contribution is 5.81. The van der Waals surface area contributed by atoms with Gasteiger partial charge in [0.15, 0.2) is 0 Å². The van der Waals surface area contributed by atoms with Crippen LogP contribution >= 0.6 is 0 Å². The zero-order chi connectivity index (χ0) is 13.1. The maximum absolute atomic E-state index is 12.2. The van der Waals surface area contributed by atoms with Crippen LogP contribution in [0.2, 0.25) is 0 Å². The van der Waals surface area contributed by atoms with Crippen LogP contribution in [0.3, 0.4) is 0 Å². The van der Waals surface area contributed by atoms with E-state index in [2.05, 4.69) is 31.0 Å². The molecule has 0 spiro atoms. The highest BCUT2D eigenvalue weighted by Crippen LogP contribution is 2.33. The van der Waals surface area contributed by atoms with Gasteiger partial charge in [-0.2, -0.15) is 0 Å². The summed E-state index contributed by atoms with van der Waals surface area (Å²) in [5.41, 5.74) is 0. The fraction of sp³-hybridized carbons (Fsp3) is 0.933. The molecule has 104 valence electrons. The van der Waals surface area contributed by atoms with E-state index >= 15 is 0 Å². The molecule has 1 aliphatic heterocycles. The number of carbonyl (C=O) groups excluding carboxylic acids is 1. The molecular weight excluding hydrogens is 224 g/mol. The number of hydrogen-bond acceptors (Lipinski definition) is 2. The lowest BCUT2D eigenvalue weighted by Gasteiger charge is -2.41. The molecule has 1 amide bonds. The molecular formula is C15H28N2O. The summed E-state index contributed by atoms with van der Waals surface area (Å²) in [7, 11) is 0. The van der Waals surface area contributed by atoms with Crippen molar-refractivity contribution in [2.24, 2.45) is 11.8 Å². The summed E-state index contributed by atoms with van der Waals surface area (Å²) in [6.45, 7) is 7.29. The second-order valence-corrected chi connectivity index (χ2v) is 6.35. The fourth-order valence-electron chi connectivity index (χ4n) is 3.66. The van der Waals surface area contributed by atoms with Gasteiger partial charge >= 0.3 is 0 Å². The number of carbonyl (C=O) groups is 1. The molecule has 3 nitrogen and oxygen atoms in total. The summed E-state index contributed by atoms with van der Waals surface area (Å²) in [5.74, 6) is 1.68. The van der Waals surface area contributed by atoms with Crippen LogP contribution in [0.25, 0.3) is 0 Å². The molecule has 0 radical (unpaired) electrons. The average molecular weight is 252 g/mol. The van der Waals surface area contributed by atoms with Gasteiger partial charge in [-0.3, -0.25) is 10.1 Å². The minimum Gasteiger partial charge on any atom is -0.323 e. The minimum absolute atomic E-state index is 0.287. The van der Waals surface area contributed by atoms with Crippen LogP contribution in [0.15, 0.2) is 0 Å². The third kappa shape index (κ3) is 2.87. The monoisotopic (exact) mass is 252 g/mol. The molecule has 2 aliphatic rings. The number of nitrogens with zero attached hydrogens (tertiary/aromatic N) is 1.